The standard InChI is InChI=1S/C11H11BrClN3/c1-14-5-8-6-15-11(16-8)7-2-3-10(13)9(12)4-7/h2-4,6,14H,5H2,1H3,(H,15,16). The molecule has 0 radical (unpaired) electrons. The topological polar surface area (TPSA) is 40.7 Å². The van der Waals surface area contributed by atoms with Crippen LogP contribution in [0.1, 0.15) is 5.69 Å². The lowest BCUT2D eigenvalue weighted by Gasteiger charge is -2.00. The molecule has 1 aromatic carbocycles. The van der Waals surface area contributed by atoms with Gasteiger partial charge in [-0.05, 0) is 41.2 Å². The zero-order chi connectivity index (χ0) is 11.5. The highest BCUT2D eigenvalue weighted by molar-refractivity contribution is 9.10. The Hall–Kier alpha value is -0.840. The lowest BCUT2D eigenvalue weighted by Crippen LogP contribution is -2.04. The molecule has 1 heterocycles. The second kappa shape index (κ2) is 4.99. The fraction of sp³-hybridized carbons (Fsp3) is 0.182. The fourth-order valence-electron chi connectivity index (χ4n) is 1.43. The Morgan fingerprint density at radius 2 is 2.31 bits per heavy atom. The average molecular weight is 301 g/mol. The van der Waals surface area contributed by atoms with Gasteiger partial charge >= 0.3 is 0 Å². The van der Waals surface area contributed by atoms with Crippen LogP contribution in [0.25, 0.3) is 11.4 Å². The first kappa shape index (κ1) is 11.6. The highest BCUT2D eigenvalue weighted by atomic mass is 79.9. The monoisotopic (exact) mass is 299 g/mol. The molecule has 3 nitrogen and oxygen atoms in total. The van der Waals surface area contributed by atoms with Gasteiger partial charge in [0.25, 0.3) is 0 Å². The number of aromatic amines is 1. The molecule has 0 aliphatic heterocycles. The van der Waals surface area contributed by atoms with Crippen LogP contribution in [-0.2, 0) is 6.54 Å². The Balaban J connectivity index is 2.31. The second-order valence-electron chi connectivity index (χ2n) is 3.42. The van der Waals surface area contributed by atoms with Gasteiger partial charge in [0.1, 0.15) is 5.82 Å². The van der Waals surface area contributed by atoms with E-state index in [1.165, 1.54) is 0 Å². The van der Waals surface area contributed by atoms with Gasteiger partial charge < -0.3 is 10.3 Å². The average Bonchev–Trinajstić information content (AvgIpc) is 2.71. The van der Waals surface area contributed by atoms with Crippen LogP contribution in [0, 0.1) is 0 Å². The van der Waals surface area contributed by atoms with Gasteiger partial charge in [-0.3, -0.25) is 0 Å². The highest BCUT2D eigenvalue weighted by Crippen LogP contribution is 2.27. The summed E-state index contributed by atoms with van der Waals surface area (Å²) >= 11 is 9.33. The molecule has 0 amide bonds. The van der Waals surface area contributed by atoms with Crippen molar-refractivity contribution in [1.29, 1.82) is 0 Å². The van der Waals surface area contributed by atoms with Gasteiger partial charge in [0.05, 0.1) is 5.02 Å². The van der Waals surface area contributed by atoms with Gasteiger partial charge in [0, 0.05) is 28.5 Å². The third kappa shape index (κ3) is 2.45. The third-order valence-corrected chi connectivity index (χ3v) is 3.40. The number of imidazole rings is 1. The molecule has 0 aliphatic rings. The number of nitrogens with one attached hydrogen (secondary N) is 2. The molecule has 0 saturated carbocycles. The Morgan fingerprint density at radius 3 is 3.00 bits per heavy atom. The van der Waals surface area contributed by atoms with E-state index in [1.807, 2.05) is 31.4 Å². The van der Waals surface area contributed by atoms with Crippen molar-refractivity contribution in [2.24, 2.45) is 0 Å². The summed E-state index contributed by atoms with van der Waals surface area (Å²) in [6.07, 6.45) is 1.83. The van der Waals surface area contributed by atoms with Crippen LogP contribution >= 0.6 is 27.5 Å². The van der Waals surface area contributed by atoms with E-state index in [0.29, 0.717) is 5.02 Å². The Bertz CT molecular complexity index is 496. The molecule has 84 valence electrons. The SMILES string of the molecule is CNCc1cnc(-c2ccc(Cl)c(Br)c2)[nH]1. The van der Waals surface area contributed by atoms with Crippen LogP contribution in [0.5, 0.6) is 0 Å². The van der Waals surface area contributed by atoms with Crippen molar-refractivity contribution >= 4 is 27.5 Å². The van der Waals surface area contributed by atoms with Gasteiger partial charge in [-0.1, -0.05) is 11.6 Å². The number of hydrogen-bond donors (Lipinski definition) is 2. The van der Waals surface area contributed by atoms with Crippen molar-refractivity contribution in [1.82, 2.24) is 15.3 Å². The van der Waals surface area contributed by atoms with Gasteiger partial charge in [0.2, 0.25) is 0 Å². The number of H-pyrrole nitrogens is 1. The number of hydrogen-bond acceptors (Lipinski definition) is 2. The Labute approximate surface area is 107 Å². The van der Waals surface area contributed by atoms with E-state index < -0.39 is 0 Å². The molecule has 0 spiro atoms. The van der Waals surface area contributed by atoms with Crippen LogP contribution in [0.4, 0.5) is 0 Å². The van der Waals surface area contributed by atoms with Crippen molar-refractivity contribution < 1.29 is 0 Å². The molecule has 0 aliphatic carbocycles. The van der Waals surface area contributed by atoms with Crippen LogP contribution in [-0.4, -0.2) is 17.0 Å². The van der Waals surface area contributed by atoms with E-state index in [-0.39, 0.29) is 0 Å². The number of nitrogens with zero attached hydrogens (tertiary/aromatic N) is 1. The minimum Gasteiger partial charge on any atom is -0.341 e. The Morgan fingerprint density at radius 1 is 1.50 bits per heavy atom. The van der Waals surface area contributed by atoms with Crippen molar-refractivity contribution in [3.63, 3.8) is 0 Å². The smallest absolute Gasteiger partial charge is 0.137 e. The first-order chi connectivity index (χ1) is 7.70. The van der Waals surface area contributed by atoms with E-state index in [2.05, 4.69) is 31.2 Å². The van der Waals surface area contributed by atoms with Gasteiger partial charge in [-0.15, -0.1) is 0 Å². The number of rotatable bonds is 3. The van der Waals surface area contributed by atoms with Crippen molar-refractivity contribution in [2.45, 2.75) is 6.54 Å². The molecule has 0 bridgehead atoms. The molecule has 0 saturated heterocycles. The van der Waals surface area contributed by atoms with Gasteiger partial charge in [-0.25, -0.2) is 4.98 Å². The van der Waals surface area contributed by atoms with Crippen LogP contribution in [0.2, 0.25) is 5.02 Å². The first-order valence-corrected chi connectivity index (χ1v) is 6.01. The normalized spacial score (nSPS) is 10.7. The molecule has 2 N–H and O–H groups in total. The summed E-state index contributed by atoms with van der Waals surface area (Å²) in [7, 11) is 1.90. The molecule has 0 atom stereocenters. The maximum absolute atomic E-state index is 5.94. The molecule has 2 aromatic rings. The Kier molecular flexibility index (Phi) is 3.63. The quantitative estimate of drug-likeness (QED) is 0.914. The van der Waals surface area contributed by atoms with Gasteiger partial charge in [0.15, 0.2) is 0 Å². The maximum atomic E-state index is 5.94. The van der Waals surface area contributed by atoms with E-state index in [4.69, 9.17) is 11.6 Å². The maximum Gasteiger partial charge on any atom is 0.137 e. The summed E-state index contributed by atoms with van der Waals surface area (Å²) in [5, 5.41) is 3.77. The number of aromatic nitrogens is 2. The summed E-state index contributed by atoms with van der Waals surface area (Å²) in [5.41, 5.74) is 2.07. The van der Waals surface area contributed by atoms with Crippen molar-refractivity contribution in [2.75, 3.05) is 7.05 Å². The largest absolute Gasteiger partial charge is 0.341 e. The predicted octanol–water partition coefficient (Wildman–Crippen LogP) is 3.21. The van der Waals surface area contributed by atoms with E-state index in [9.17, 15) is 0 Å². The number of halogens is 2. The molecular formula is C11H11BrClN3. The van der Waals surface area contributed by atoms with Crippen LogP contribution in [0.15, 0.2) is 28.9 Å². The predicted molar refractivity (Wildman–Crippen MR) is 69.5 cm³/mol. The highest BCUT2D eigenvalue weighted by Gasteiger charge is 2.05. The van der Waals surface area contributed by atoms with Crippen LogP contribution < -0.4 is 5.32 Å². The van der Waals surface area contributed by atoms with Crippen molar-refractivity contribution in [3.8, 4) is 11.4 Å². The third-order valence-electron chi connectivity index (χ3n) is 2.19. The van der Waals surface area contributed by atoms with E-state index >= 15 is 0 Å². The molecule has 2 rings (SSSR count). The lowest BCUT2D eigenvalue weighted by molar-refractivity contribution is 0.797. The van der Waals surface area contributed by atoms with Crippen molar-refractivity contribution in [3.05, 3.63) is 39.6 Å². The van der Waals surface area contributed by atoms with Gasteiger partial charge in [-0.2, -0.15) is 0 Å². The zero-order valence-corrected chi connectivity index (χ0v) is 11.1. The number of benzene rings is 1. The molecule has 0 fully saturated rings. The molecule has 16 heavy (non-hydrogen) atoms. The van der Waals surface area contributed by atoms with E-state index in [1.54, 1.807) is 0 Å². The minimum absolute atomic E-state index is 0.700. The summed E-state index contributed by atoms with van der Waals surface area (Å²) in [6.45, 7) is 0.780. The zero-order valence-electron chi connectivity index (χ0n) is 8.72. The summed E-state index contributed by atoms with van der Waals surface area (Å²) in [5.74, 6) is 0.850. The summed E-state index contributed by atoms with van der Waals surface area (Å²) in [6, 6.07) is 5.74. The molecule has 1 aromatic heterocycles. The lowest BCUT2D eigenvalue weighted by atomic mass is 10.2. The first-order valence-electron chi connectivity index (χ1n) is 4.84. The summed E-state index contributed by atoms with van der Waals surface area (Å²) < 4.78 is 0.873. The van der Waals surface area contributed by atoms with E-state index in [0.717, 1.165) is 28.1 Å². The second-order valence-corrected chi connectivity index (χ2v) is 4.68. The molecule has 0 unspecified atom stereocenters. The molecule has 5 heteroatoms. The van der Waals surface area contributed by atoms with Crippen LogP contribution in [0.3, 0.4) is 0 Å². The molecular weight excluding hydrogens is 289 g/mol. The summed E-state index contributed by atoms with van der Waals surface area (Å²) in [4.78, 5) is 7.56. The minimum atomic E-state index is 0.700. The fourth-order valence-corrected chi connectivity index (χ4v) is 1.93.